The third kappa shape index (κ3) is 7.43. The highest BCUT2D eigenvalue weighted by Gasteiger charge is 2.38. The molecule has 2 aromatic carbocycles. The lowest BCUT2D eigenvalue weighted by Gasteiger charge is -2.44. The number of pyridine rings is 1. The summed E-state index contributed by atoms with van der Waals surface area (Å²) in [6.07, 6.45) is 0.366. The van der Waals surface area contributed by atoms with Crippen LogP contribution in [0.15, 0.2) is 48.5 Å². The van der Waals surface area contributed by atoms with E-state index in [1.165, 1.54) is 0 Å². The predicted octanol–water partition coefficient (Wildman–Crippen LogP) is 7.39. The van der Waals surface area contributed by atoms with Crippen LogP contribution in [0.1, 0.15) is 49.7 Å². The molecule has 0 amide bonds. The average Bonchev–Trinajstić information content (AvgIpc) is 3.44. The van der Waals surface area contributed by atoms with Gasteiger partial charge in [-0.05, 0) is 74.5 Å². The van der Waals surface area contributed by atoms with E-state index in [0.29, 0.717) is 41.9 Å². The summed E-state index contributed by atoms with van der Waals surface area (Å²) in [4.78, 5) is 28.2. The lowest BCUT2D eigenvalue weighted by Crippen LogP contribution is -2.44. The Hall–Kier alpha value is -4.03. The quantitative estimate of drug-likeness (QED) is 0.163. The number of benzene rings is 2. The first-order chi connectivity index (χ1) is 22.4. The second kappa shape index (κ2) is 13.2. The number of aromatic nitrogens is 3. The van der Waals surface area contributed by atoms with E-state index >= 15 is 0 Å². The molecule has 2 aliphatic rings. The molecule has 0 bridgehead atoms. The van der Waals surface area contributed by atoms with E-state index in [1.807, 2.05) is 31.3 Å². The number of likely N-dealkylation sites (tertiary alicyclic amines) is 1. The Morgan fingerprint density at radius 1 is 1.09 bits per heavy atom. The van der Waals surface area contributed by atoms with Crippen LogP contribution in [0.4, 0.5) is 23.2 Å². The number of imidazole rings is 1. The second-order valence-corrected chi connectivity index (χ2v) is 13.2. The molecule has 3 heterocycles. The van der Waals surface area contributed by atoms with Gasteiger partial charge in [-0.2, -0.15) is 13.2 Å². The van der Waals surface area contributed by atoms with Gasteiger partial charge in [-0.25, -0.2) is 14.4 Å². The average molecular weight is 654 g/mol. The monoisotopic (exact) mass is 653 g/mol. The maximum atomic E-state index is 14.4. The largest absolute Gasteiger partial charge is 0.481 e. The topological polar surface area (TPSA) is 94.6 Å². The molecule has 1 saturated heterocycles. The Labute approximate surface area is 270 Å². The van der Waals surface area contributed by atoms with E-state index < -0.39 is 23.5 Å². The highest BCUT2D eigenvalue weighted by atomic mass is 19.4. The van der Waals surface area contributed by atoms with Crippen molar-refractivity contribution < 1.29 is 32.2 Å². The third-order valence-corrected chi connectivity index (χ3v) is 9.61. The second-order valence-electron chi connectivity index (χ2n) is 13.2. The maximum absolute atomic E-state index is 14.4. The molecule has 2 aromatic heterocycles. The fraction of sp³-hybridized carbons (Fsp3) is 0.457. The van der Waals surface area contributed by atoms with Crippen molar-refractivity contribution in [3.63, 3.8) is 0 Å². The SMILES string of the molecule is COCC1(CN(C)c2cc(-c3cc(F)cc(C(F)(F)F)c3)nc3nc(-c4ccc(CN5CCC(CC(=O)O)CC5)cc4)[nH]c23)CCC1. The molecule has 0 atom stereocenters. The van der Waals surface area contributed by atoms with Crippen LogP contribution >= 0.6 is 0 Å². The first kappa shape index (κ1) is 32.9. The van der Waals surface area contributed by atoms with Gasteiger partial charge in [-0.1, -0.05) is 30.7 Å². The summed E-state index contributed by atoms with van der Waals surface area (Å²) < 4.78 is 60.7. The normalized spacial score (nSPS) is 17.1. The number of H-pyrrole nitrogens is 1. The van der Waals surface area contributed by atoms with Crippen LogP contribution in [-0.2, 0) is 22.3 Å². The molecule has 0 spiro atoms. The van der Waals surface area contributed by atoms with E-state index in [9.17, 15) is 22.4 Å². The van der Waals surface area contributed by atoms with Crippen LogP contribution < -0.4 is 4.90 Å². The van der Waals surface area contributed by atoms with Crippen molar-refractivity contribution in [2.75, 3.05) is 45.3 Å². The summed E-state index contributed by atoms with van der Waals surface area (Å²) in [6, 6.07) is 12.2. The number of hydrogen-bond acceptors (Lipinski definition) is 6. The molecule has 1 aliphatic carbocycles. The third-order valence-electron chi connectivity index (χ3n) is 9.61. The van der Waals surface area contributed by atoms with Crippen molar-refractivity contribution in [1.29, 1.82) is 0 Å². The van der Waals surface area contributed by atoms with Crippen LogP contribution in [0.2, 0.25) is 0 Å². The van der Waals surface area contributed by atoms with Gasteiger partial charge in [0.25, 0.3) is 0 Å². The van der Waals surface area contributed by atoms with Gasteiger partial charge in [0.2, 0.25) is 0 Å². The van der Waals surface area contributed by atoms with Crippen molar-refractivity contribution in [1.82, 2.24) is 19.9 Å². The van der Waals surface area contributed by atoms with Gasteiger partial charge < -0.3 is 19.7 Å². The zero-order chi connectivity index (χ0) is 33.3. The number of ether oxygens (including phenoxy) is 1. The summed E-state index contributed by atoms with van der Waals surface area (Å²) in [5.74, 6) is -0.949. The number of aliphatic carboxylic acids is 1. The van der Waals surface area contributed by atoms with Gasteiger partial charge in [0, 0.05) is 50.2 Å². The van der Waals surface area contributed by atoms with E-state index in [2.05, 4.69) is 19.8 Å². The van der Waals surface area contributed by atoms with E-state index in [0.717, 1.165) is 75.0 Å². The molecule has 6 rings (SSSR count). The molecule has 0 unspecified atom stereocenters. The lowest BCUT2D eigenvalue weighted by molar-refractivity contribution is -0.139. The number of alkyl halides is 3. The Morgan fingerprint density at radius 2 is 1.81 bits per heavy atom. The number of hydrogen-bond donors (Lipinski definition) is 2. The molecule has 250 valence electrons. The number of carbonyl (C=O) groups is 1. The molecule has 12 heteroatoms. The van der Waals surface area contributed by atoms with Crippen molar-refractivity contribution in [3.8, 4) is 22.6 Å². The summed E-state index contributed by atoms with van der Waals surface area (Å²) in [6.45, 7) is 3.73. The number of carboxylic acid groups (broad SMARTS) is 1. The van der Waals surface area contributed by atoms with Crippen LogP contribution in [0.3, 0.4) is 0 Å². The molecule has 2 N–H and O–H groups in total. The molecule has 0 radical (unpaired) electrons. The maximum Gasteiger partial charge on any atom is 0.416 e. The Kier molecular flexibility index (Phi) is 9.26. The first-order valence-corrected chi connectivity index (χ1v) is 15.9. The molecule has 8 nitrogen and oxygen atoms in total. The fourth-order valence-electron chi connectivity index (χ4n) is 7.00. The van der Waals surface area contributed by atoms with Gasteiger partial charge in [-0.3, -0.25) is 9.69 Å². The van der Waals surface area contributed by atoms with E-state index in [1.54, 1.807) is 13.2 Å². The summed E-state index contributed by atoms with van der Waals surface area (Å²) in [7, 11) is 3.61. The molecule has 4 aromatic rings. The number of fused-ring (bicyclic) bond motifs is 1. The Balaban J connectivity index is 1.30. The summed E-state index contributed by atoms with van der Waals surface area (Å²) in [5.41, 5.74) is 2.70. The van der Waals surface area contributed by atoms with Crippen LogP contribution in [0, 0.1) is 17.2 Å². The van der Waals surface area contributed by atoms with Gasteiger partial charge in [0.15, 0.2) is 5.65 Å². The van der Waals surface area contributed by atoms with E-state index in [-0.39, 0.29) is 29.0 Å². The number of halogens is 4. The van der Waals surface area contributed by atoms with E-state index in [4.69, 9.17) is 14.8 Å². The van der Waals surface area contributed by atoms with Gasteiger partial charge in [-0.15, -0.1) is 0 Å². The highest BCUT2D eigenvalue weighted by Crippen LogP contribution is 2.43. The molecule has 1 saturated carbocycles. The standard InChI is InChI=1S/C35H39F4N5O3/c1-43(20-34(21-47-2)10-3-11-34)29-18-28(25-15-26(35(37,38)39)17-27(36)16-25)40-33-31(29)41-32(42-33)24-6-4-23(5-7-24)19-44-12-8-22(9-13-44)14-30(45)46/h4-7,15-18,22H,3,8-14,19-21H2,1-2H3,(H,45,46)(H,40,41,42). The van der Waals surface area contributed by atoms with Crippen molar-refractivity contribution in [2.45, 2.75) is 51.2 Å². The molecular formula is C35H39F4N5O3. The Bertz CT molecular complexity index is 1730. The summed E-state index contributed by atoms with van der Waals surface area (Å²) in [5, 5.41) is 9.08. The van der Waals surface area contributed by atoms with Crippen molar-refractivity contribution in [3.05, 3.63) is 65.5 Å². The highest BCUT2D eigenvalue weighted by molar-refractivity contribution is 5.91. The number of piperidine rings is 1. The zero-order valence-corrected chi connectivity index (χ0v) is 26.5. The van der Waals surface area contributed by atoms with Gasteiger partial charge in [0.05, 0.1) is 23.6 Å². The number of methoxy groups -OCH3 is 1. The number of nitrogens with one attached hydrogen (secondary N) is 1. The van der Waals surface area contributed by atoms with Gasteiger partial charge in [0.1, 0.15) is 17.2 Å². The number of nitrogens with zero attached hydrogens (tertiary/aromatic N) is 4. The minimum atomic E-state index is -4.71. The predicted molar refractivity (Wildman–Crippen MR) is 171 cm³/mol. The molecule has 2 fully saturated rings. The smallest absolute Gasteiger partial charge is 0.416 e. The number of rotatable bonds is 11. The Morgan fingerprint density at radius 3 is 2.43 bits per heavy atom. The molecule has 1 aliphatic heterocycles. The zero-order valence-electron chi connectivity index (χ0n) is 26.5. The number of aromatic amines is 1. The summed E-state index contributed by atoms with van der Waals surface area (Å²) >= 11 is 0. The first-order valence-electron chi connectivity index (χ1n) is 15.9. The fourth-order valence-corrected chi connectivity index (χ4v) is 7.00. The van der Waals surface area contributed by atoms with Crippen LogP contribution in [0.5, 0.6) is 0 Å². The minimum Gasteiger partial charge on any atom is -0.481 e. The molecular weight excluding hydrogens is 614 g/mol. The molecule has 47 heavy (non-hydrogen) atoms. The lowest BCUT2D eigenvalue weighted by atomic mass is 9.69. The van der Waals surface area contributed by atoms with Crippen LogP contribution in [-0.4, -0.2) is 71.3 Å². The number of anilines is 1. The number of carboxylic acids is 1. The van der Waals surface area contributed by atoms with Gasteiger partial charge >= 0.3 is 12.1 Å². The van der Waals surface area contributed by atoms with Crippen molar-refractivity contribution in [2.24, 2.45) is 11.3 Å². The minimum absolute atomic E-state index is 0.0185. The van der Waals surface area contributed by atoms with Crippen LogP contribution in [0.25, 0.3) is 33.8 Å². The van der Waals surface area contributed by atoms with Crippen molar-refractivity contribution >= 4 is 22.8 Å².